The summed E-state index contributed by atoms with van der Waals surface area (Å²) in [6.07, 6.45) is 3.07. The van der Waals surface area contributed by atoms with E-state index in [9.17, 15) is 4.79 Å². The van der Waals surface area contributed by atoms with E-state index in [1.54, 1.807) is 30.7 Å². The van der Waals surface area contributed by atoms with Crippen LogP contribution in [0.2, 0.25) is 0 Å². The molecule has 1 aromatic carbocycles. The number of aromatic nitrogens is 2. The van der Waals surface area contributed by atoms with E-state index in [2.05, 4.69) is 15.3 Å². The molecule has 0 aliphatic heterocycles. The second-order valence-electron chi connectivity index (χ2n) is 4.71. The summed E-state index contributed by atoms with van der Waals surface area (Å²) >= 11 is 1.56. The molecule has 0 saturated carbocycles. The van der Waals surface area contributed by atoms with Crippen molar-refractivity contribution >= 4 is 23.1 Å². The zero-order valence-corrected chi connectivity index (χ0v) is 13.3. The Labute approximate surface area is 138 Å². The lowest BCUT2D eigenvalue weighted by molar-refractivity contribution is 0.168. The van der Waals surface area contributed by atoms with Gasteiger partial charge in [-0.2, -0.15) is 0 Å². The van der Waals surface area contributed by atoms with Crippen molar-refractivity contribution in [3.05, 3.63) is 54.2 Å². The molecule has 116 valence electrons. The first-order chi connectivity index (χ1) is 11.3. The number of pyridine rings is 1. The number of nitrogens with zero attached hydrogens (tertiary/aromatic N) is 2. The van der Waals surface area contributed by atoms with Gasteiger partial charge in [-0.25, -0.2) is 9.78 Å². The number of benzene rings is 1. The molecule has 0 spiro atoms. The minimum Gasteiger partial charge on any atom is -0.450 e. The maximum absolute atomic E-state index is 11.5. The van der Waals surface area contributed by atoms with Crippen molar-refractivity contribution in [2.24, 2.45) is 0 Å². The number of nitrogens with one attached hydrogen (secondary N) is 1. The highest BCUT2D eigenvalue weighted by atomic mass is 32.1. The van der Waals surface area contributed by atoms with E-state index in [-0.39, 0.29) is 0 Å². The van der Waals surface area contributed by atoms with Gasteiger partial charge in [-0.05, 0) is 31.2 Å². The Hall–Kier alpha value is -2.73. The molecule has 2 heterocycles. The standard InChI is InChI=1S/C17H15N3O2S/c1-2-22-17(21)19-14-7-3-5-12(9-14)15-11-23-16(20-15)13-6-4-8-18-10-13/h3-11H,2H2,1H3,(H,19,21). The number of hydrogen-bond acceptors (Lipinski definition) is 5. The maximum Gasteiger partial charge on any atom is 0.411 e. The highest BCUT2D eigenvalue weighted by molar-refractivity contribution is 7.13. The Bertz CT molecular complexity index is 802. The van der Waals surface area contributed by atoms with E-state index in [0.717, 1.165) is 21.8 Å². The minimum atomic E-state index is -0.459. The average molecular weight is 325 g/mol. The van der Waals surface area contributed by atoms with Crippen molar-refractivity contribution < 1.29 is 9.53 Å². The molecule has 0 bridgehead atoms. The van der Waals surface area contributed by atoms with Crippen LogP contribution in [0.15, 0.2) is 54.2 Å². The summed E-state index contributed by atoms with van der Waals surface area (Å²) in [5.74, 6) is 0. The molecular weight excluding hydrogens is 310 g/mol. The molecule has 0 aliphatic carbocycles. The fourth-order valence-electron chi connectivity index (χ4n) is 2.07. The third-order valence-electron chi connectivity index (χ3n) is 3.09. The number of anilines is 1. The minimum absolute atomic E-state index is 0.339. The highest BCUT2D eigenvalue weighted by Crippen LogP contribution is 2.29. The Balaban J connectivity index is 1.82. The molecule has 23 heavy (non-hydrogen) atoms. The average Bonchev–Trinajstić information content (AvgIpc) is 3.06. The summed E-state index contributed by atoms with van der Waals surface area (Å²) in [6, 6.07) is 11.4. The monoisotopic (exact) mass is 325 g/mol. The Morgan fingerprint density at radius 2 is 2.13 bits per heavy atom. The Morgan fingerprint density at radius 3 is 2.91 bits per heavy atom. The quantitative estimate of drug-likeness (QED) is 0.770. The topological polar surface area (TPSA) is 64.1 Å². The molecule has 6 heteroatoms. The lowest BCUT2D eigenvalue weighted by Gasteiger charge is -2.06. The zero-order valence-electron chi connectivity index (χ0n) is 12.5. The molecule has 1 amide bonds. The van der Waals surface area contributed by atoms with Crippen LogP contribution < -0.4 is 5.32 Å². The van der Waals surface area contributed by atoms with Crippen molar-refractivity contribution in [1.29, 1.82) is 0 Å². The lowest BCUT2D eigenvalue weighted by atomic mass is 10.1. The van der Waals surface area contributed by atoms with Gasteiger partial charge in [0, 0.05) is 34.6 Å². The van der Waals surface area contributed by atoms with Gasteiger partial charge >= 0.3 is 6.09 Å². The molecule has 3 aromatic rings. The SMILES string of the molecule is CCOC(=O)Nc1cccc(-c2csc(-c3cccnc3)n2)c1. The maximum atomic E-state index is 11.5. The summed E-state index contributed by atoms with van der Waals surface area (Å²) in [4.78, 5) is 20.3. The predicted octanol–water partition coefficient (Wildman–Crippen LogP) is 4.44. The molecule has 0 fully saturated rings. The number of hydrogen-bond donors (Lipinski definition) is 1. The van der Waals surface area contributed by atoms with Crippen molar-refractivity contribution in [2.75, 3.05) is 11.9 Å². The van der Waals surface area contributed by atoms with Gasteiger partial charge < -0.3 is 4.74 Å². The van der Waals surface area contributed by atoms with Crippen LogP contribution in [-0.4, -0.2) is 22.7 Å². The van der Waals surface area contributed by atoms with Gasteiger partial charge in [-0.3, -0.25) is 10.3 Å². The highest BCUT2D eigenvalue weighted by Gasteiger charge is 2.08. The molecule has 0 aliphatic rings. The molecule has 2 aromatic heterocycles. The van der Waals surface area contributed by atoms with Gasteiger partial charge in [0.2, 0.25) is 0 Å². The first kappa shape index (κ1) is 15.2. The summed E-state index contributed by atoms with van der Waals surface area (Å²) in [5, 5.41) is 5.60. The first-order valence-electron chi connectivity index (χ1n) is 7.16. The number of carbonyl (C=O) groups is 1. The van der Waals surface area contributed by atoms with Crippen LogP contribution in [0.25, 0.3) is 21.8 Å². The summed E-state index contributed by atoms with van der Waals surface area (Å²) in [7, 11) is 0. The second kappa shape index (κ2) is 7.02. The van der Waals surface area contributed by atoms with Crippen LogP contribution in [0.3, 0.4) is 0 Å². The Morgan fingerprint density at radius 1 is 1.26 bits per heavy atom. The van der Waals surface area contributed by atoms with Gasteiger partial charge in [0.15, 0.2) is 0 Å². The molecule has 0 saturated heterocycles. The van der Waals surface area contributed by atoms with E-state index >= 15 is 0 Å². The van der Waals surface area contributed by atoms with Crippen LogP contribution in [0.1, 0.15) is 6.92 Å². The fraction of sp³-hybridized carbons (Fsp3) is 0.118. The van der Waals surface area contributed by atoms with Crippen LogP contribution in [-0.2, 0) is 4.74 Å². The molecule has 0 unspecified atom stereocenters. The number of amides is 1. The van der Waals surface area contributed by atoms with Crippen LogP contribution in [0.4, 0.5) is 10.5 Å². The molecule has 0 atom stereocenters. The van der Waals surface area contributed by atoms with Gasteiger partial charge in [0.25, 0.3) is 0 Å². The van der Waals surface area contributed by atoms with Crippen LogP contribution in [0, 0.1) is 0 Å². The van der Waals surface area contributed by atoms with E-state index in [4.69, 9.17) is 4.74 Å². The van der Waals surface area contributed by atoms with Crippen LogP contribution >= 0.6 is 11.3 Å². The number of thiazole rings is 1. The fourth-order valence-corrected chi connectivity index (χ4v) is 2.89. The molecule has 0 radical (unpaired) electrons. The van der Waals surface area contributed by atoms with E-state index in [1.165, 1.54) is 0 Å². The number of rotatable bonds is 4. The lowest BCUT2D eigenvalue weighted by Crippen LogP contribution is -2.13. The molecule has 1 N–H and O–H groups in total. The third kappa shape index (κ3) is 3.73. The zero-order chi connectivity index (χ0) is 16.1. The normalized spacial score (nSPS) is 10.3. The summed E-state index contributed by atoms with van der Waals surface area (Å²) < 4.78 is 4.88. The smallest absolute Gasteiger partial charge is 0.411 e. The van der Waals surface area contributed by atoms with E-state index < -0.39 is 6.09 Å². The van der Waals surface area contributed by atoms with E-state index in [1.807, 2.05) is 41.8 Å². The van der Waals surface area contributed by atoms with Crippen molar-refractivity contribution in [2.45, 2.75) is 6.92 Å². The first-order valence-corrected chi connectivity index (χ1v) is 8.04. The largest absolute Gasteiger partial charge is 0.450 e. The third-order valence-corrected chi connectivity index (χ3v) is 3.98. The van der Waals surface area contributed by atoms with Gasteiger partial charge in [-0.15, -0.1) is 11.3 Å². The summed E-state index contributed by atoms with van der Waals surface area (Å²) in [5.41, 5.74) is 3.47. The molecule has 3 rings (SSSR count). The van der Waals surface area contributed by atoms with Crippen molar-refractivity contribution in [3.63, 3.8) is 0 Å². The van der Waals surface area contributed by atoms with Crippen LogP contribution in [0.5, 0.6) is 0 Å². The summed E-state index contributed by atoms with van der Waals surface area (Å²) in [6.45, 7) is 2.11. The van der Waals surface area contributed by atoms with Crippen molar-refractivity contribution in [1.82, 2.24) is 9.97 Å². The number of ether oxygens (including phenoxy) is 1. The van der Waals surface area contributed by atoms with Gasteiger partial charge in [0.05, 0.1) is 12.3 Å². The van der Waals surface area contributed by atoms with E-state index in [0.29, 0.717) is 12.3 Å². The Kier molecular flexibility index (Phi) is 4.63. The molecular formula is C17H15N3O2S. The molecule has 5 nitrogen and oxygen atoms in total. The van der Waals surface area contributed by atoms with Gasteiger partial charge in [-0.1, -0.05) is 12.1 Å². The second-order valence-corrected chi connectivity index (χ2v) is 5.56. The van der Waals surface area contributed by atoms with Gasteiger partial charge in [0.1, 0.15) is 5.01 Å². The predicted molar refractivity (Wildman–Crippen MR) is 91.4 cm³/mol. The number of carbonyl (C=O) groups excluding carboxylic acids is 1. The van der Waals surface area contributed by atoms with Crippen molar-refractivity contribution in [3.8, 4) is 21.8 Å².